The summed E-state index contributed by atoms with van der Waals surface area (Å²) in [5.41, 5.74) is -1.14. The van der Waals surface area contributed by atoms with E-state index in [1.165, 1.54) is 24.4 Å². The number of piperidine rings is 1. The van der Waals surface area contributed by atoms with Gasteiger partial charge in [0.25, 0.3) is 5.91 Å². The highest BCUT2D eigenvalue weighted by molar-refractivity contribution is 5.95. The summed E-state index contributed by atoms with van der Waals surface area (Å²) in [6.07, 6.45) is 3.23. The molecule has 2 atom stereocenters. The average Bonchev–Trinajstić information content (AvgIpc) is 2.87. The van der Waals surface area contributed by atoms with Crippen molar-refractivity contribution < 1.29 is 18.7 Å². The third-order valence-corrected chi connectivity index (χ3v) is 5.37. The number of hydrogen-bond acceptors (Lipinski definition) is 3. The monoisotopic (exact) mass is 344 g/mol. The Labute approximate surface area is 144 Å². The Balaban J connectivity index is 1.64. The van der Waals surface area contributed by atoms with Crippen molar-refractivity contribution in [3.8, 4) is 0 Å². The van der Waals surface area contributed by atoms with Crippen LogP contribution in [0.4, 0.5) is 8.78 Å². The highest BCUT2D eigenvalue weighted by Crippen LogP contribution is 2.46. The third kappa shape index (κ3) is 2.61. The Kier molecular flexibility index (Phi) is 3.80. The Hall–Kier alpha value is -2.34. The molecule has 2 aliphatic rings. The van der Waals surface area contributed by atoms with Crippen LogP contribution < -0.4 is 0 Å². The molecule has 0 saturated carbocycles. The maximum Gasteiger partial charge on any atom is 0.257 e. The molecule has 0 unspecified atom stereocenters. The van der Waals surface area contributed by atoms with E-state index < -0.39 is 17.4 Å². The zero-order valence-corrected chi connectivity index (χ0v) is 13.5. The highest BCUT2D eigenvalue weighted by atomic mass is 19.1. The first-order valence-electron chi connectivity index (χ1n) is 8.40. The van der Waals surface area contributed by atoms with Gasteiger partial charge in [-0.25, -0.2) is 9.37 Å². The number of fused-ring (bicyclic) bond motifs is 2. The molecule has 2 fully saturated rings. The lowest BCUT2D eigenvalue weighted by Gasteiger charge is -2.44. The molecule has 6 heteroatoms. The minimum Gasteiger partial charge on any atom is -0.385 e. The van der Waals surface area contributed by atoms with Crippen molar-refractivity contribution in [2.24, 2.45) is 0 Å². The van der Waals surface area contributed by atoms with Crippen LogP contribution in [0.1, 0.15) is 41.6 Å². The number of halogens is 2. The average molecular weight is 344 g/mol. The second-order valence-corrected chi connectivity index (χ2v) is 6.86. The number of hydrogen-bond donors (Lipinski definition) is 1. The second-order valence-electron chi connectivity index (χ2n) is 6.86. The van der Waals surface area contributed by atoms with Crippen LogP contribution in [0.15, 0.2) is 42.6 Å². The minimum atomic E-state index is -1.35. The number of aliphatic hydroxyl groups is 1. The lowest BCUT2D eigenvalue weighted by atomic mass is 9.80. The molecule has 2 aromatic rings. The maximum absolute atomic E-state index is 14.1. The molecule has 4 nitrogen and oxygen atoms in total. The van der Waals surface area contributed by atoms with Gasteiger partial charge in [0.05, 0.1) is 11.2 Å². The van der Waals surface area contributed by atoms with Crippen molar-refractivity contribution in [1.82, 2.24) is 9.88 Å². The summed E-state index contributed by atoms with van der Waals surface area (Å²) in [5.74, 6) is -1.59. The van der Waals surface area contributed by atoms with E-state index in [-0.39, 0.29) is 42.0 Å². The normalized spacial score (nSPS) is 28.2. The smallest absolute Gasteiger partial charge is 0.257 e. The van der Waals surface area contributed by atoms with Crippen LogP contribution >= 0.6 is 0 Å². The summed E-state index contributed by atoms with van der Waals surface area (Å²) in [4.78, 5) is 18.1. The fourth-order valence-electron chi connectivity index (χ4n) is 4.28. The van der Waals surface area contributed by atoms with Gasteiger partial charge in [0.1, 0.15) is 5.82 Å². The van der Waals surface area contributed by atoms with Crippen LogP contribution in [-0.4, -0.2) is 33.0 Å². The van der Waals surface area contributed by atoms with Crippen LogP contribution in [0.5, 0.6) is 0 Å². The fourth-order valence-corrected chi connectivity index (χ4v) is 4.28. The standard InChI is InChI=1S/C19H18F2N2O2/c20-16-6-2-1-4-14(16)18(24)23-12-7-8-13(23)11-19(25,10-12)15-5-3-9-22-17(15)21/h1-6,9,12-13,25H,7-8,10-11H2/t12-,13-/m0/s1. The molecule has 1 N–H and O–H groups in total. The van der Waals surface area contributed by atoms with Crippen LogP contribution in [0.25, 0.3) is 0 Å². The minimum absolute atomic E-state index is 0.0393. The van der Waals surface area contributed by atoms with Crippen LogP contribution in [0.3, 0.4) is 0 Å². The Morgan fingerprint density at radius 2 is 1.80 bits per heavy atom. The number of carbonyl (C=O) groups is 1. The molecular weight excluding hydrogens is 326 g/mol. The number of aromatic nitrogens is 1. The number of benzene rings is 1. The summed E-state index contributed by atoms with van der Waals surface area (Å²) in [6.45, 7) is 0. The molecular formula is C19H18F2N2O2. The molecule has 130 valence electrons. The van der Waals surface area contributed by atoms with E-state index in [1.54, 1.807) is 23.1 Å². The van der Waals surface area contributed by atoms with Gasteiger partial charge < -0.3 is 10.0 Å². The van der Waals surface area contributed by atoms with E-state index in [1.807, 2.05) is 0 Å². The van der Waals surface area contributed by atoms with Crippen LogP contribution in [-0.2, 0) is 5.60 Å². The van der Waals surface area contributed by atoms with Gasteiger partial charge in [-0.2, -0.15) is 4.39 Å². The van der Waals surface area contributed by atoms with Gasteiger partial charge in [-0.15, -0.1) is 0 Å². The summed E-state index contributed by atoms with van der Waals surface area (Å²) < 4.78 is 28.1. The lowest BCUT2D eigenvalue weighted by molar-refractivity contribution is -0.0505. The van der Waals surface area contributed by atoms with Crippen molar-refractivity contribution >= 4 is 5.91 Å². The number of pyridine rings is 1. The van der Waals surface area contributed by atoms with Crippen molar-refractivity contribution in [2.75, 3.05) is 0 Å². The van der Waals surface area contributed by atoms with Crippen molar-refractivity contribution in [3.05, 3.63) is 65.5 Å². The molecule has 25 heavy (non-hydrogen) atoms. The highest BCUT2D eigenvalue weighted by Gasteiger charge is 2.51. The summed E-state index contributed by atoms with van der Waals surface area (Å²) in [6, 6.07) is 8.56. The Morgan fingerprint density at radius 1 is 1.12 bits per heavy atom. The van der Waals surface area contributed by atoms with Crippen LogP contribution in [0.2, 0.25) is 0 Å². The number of amides is 1. The van der Waals surface area contributed by atoms with E-state index in [0.717, 1.165) is 12.8 Å². The number of rotatable bonds is 2. The van der Waals surface area contributed by atoms with Gasteiger partial charge in [0.2, 0.25) is 5.95 Å². The molecule has 0 aliphatic carbocycles. The zero-order chi connectivity index (χ0) is 17.6. The lowest BCUT2D eigenvalue weighted by Crippen LogP contribution is -2.52. The summed E-state index contributed by atoms with van der Waals surface area (Å²) in [7, 11) is 0. The van der Waals surface area contributed by atoms with E-state index in [0.29, 0.717) is 0 Å². The van der Waals surface area contributed by atoms with Gasteiger partial charge in [-0.1, -0.05) is 18.2 Å². The molecule has 1 aromatic heterocycles. The largest absolute Gasteiger partial charge is 0.385 e. The first-order chi connectivity index (χ1) is 12.0. The SMILES string of the molecule is O=C(c1ccccc1F)N1[C@H]2CC[C@H]1CC(O)(c1cccnc1F)C2. The second kappa shape index (κ2) is 5.88. The molecule has 2 saturated heterocycles. The van der Waals surface area contributed by atoms with E-state index in [2.05, 4.69) is 4.98 Å². The van der Waals surface area contributed by atoms with Gasteiger partial charge in [-0.3, -0.25) is 4.79 Å². The topological polar surface area (TPSA) is 53.4 Å². The molecule has 2 aliphatic heterocycles. The number of carbonyl (C=O) groups excluding carboxylic acids is 1. The van der Waals surface area contributed by atoms with E-state index in [4.69, 9.17) is 0 Å². The third-order valence-electron chi connectivity index (χ3n) is 5.37. The molecule has 3 heterocycles. The molecule has 2 bridgehead atoms. The van der Waals surface area contributed by atoms with E-state index >= 15 is 0 Å². The van der Waals surface area contributed by atoms with Gasteiger partial charge in [0, 0.05) is 36.7 Å². The van der Waals surface area contributed by atoms with Gasteiger partial charge >= 0.3 is 0 Å². The molecule has 0 radical (unpaired) electrons. The first kappa shape index (κ1) is 16.1. The first-order valence-corrected chi connectivity index (χ1v) is 8.40. The molecule has 1 aromatic carbocycles. The van der Waals surface area contributed by atoms with Crippen LogP contribution in [0, 0.1) is 11.8 Å². The predicted octanol–water partition coefficient (Wildman–Crippen LogP) is 3.01. The quantitative estimate of drug-likeness (QED) is 0.852. The fraction of sp³-hybridized carbons (Fsp3) is 0.368. The predicted molar refractivity (Wildman–Crippen MR) is 86.7 cm³/mol. The maximum atomic E-state index is 14.1. The van der Waals surface area contributed by atoms with Gasteiger partial charge in [-0.05, 0) is 31.0 Å². The zero-order valence-electron chi connectivity index (χ0n) is 13.5. The van der Waals surface area contributed by atoms with Gasteiger partial charge in [0.15, 0.2) is 0 Å². The molecule has 4 rings (SSSR count). The Bertz CT molecular complexity index is 813. The van der Waals surface area contributed by atoms with Crippen molar-refractivity contribution in [3.63, 3.8) is 0 Å². The summed E-state index contributed by atoms with van der Waals surface area (Å²) in [5, 5.41) is 11.0. The van der Waals surface area contributed by atoms with Crippen molar-refractivity contribution in [1.29, 1.82) is 0 Å². The van der Waals surface area contributed by atoms with Crippen molar-refractivity contribution in [2.45, 2.75) is 43.4 Å². The Morgan fingerprint density at radius 3 is 2.44 bits per heavy atom. The molecule has 0 spiro atoms. The van der Waals surface area contributed by atoms with E-state index in [9.17, 15) is 18.7 Å². The summed E-state index contributed by atoms with van der Waals surface area (Å²) >= 11 is 0. The number of nitrogens with zero attached hydrogens (tertiary/aromatic N) is 2. The molecule has 1 amide bonds.